The van der Waals surface area contributed by atoms with Crippen molar-refractivity contribution in [3.63, 3.8) is 0 Å². The van der Waals surface area contributed by atoms with Crippen molar-refractivity contribution in [2.24, 2.45) is 0 Å². The van der Waals surface area contributed by atoms with Crippen LogP contribution in [0.25, 0.3) is 16.7 Å². The Morgan fingerprint density at radius 1 is 1.00 bits per heavy atom. The minimum atomic E-state index is -0.769. The molecule has 4 rings (SSSR count). The highest BCUT2D eigenvalue weighted by atomic mass is 16.6. The van der Waals surface area contributed by atoms with Crippen molar-refractivity contribution in [2.75, 3.05) is 11.9 Å². The fourth-order valence-corrected chi connectivity index (χ4v) is 2.89. The molecular formula is C22H18N4O4. The standard InChI is InChI=1S/C22H18N4O4/c1-2-29-21(27)17-14-23-26(19-13-12-15-8-6-7-11-18(15)24-19)20(17)25-22(28)30-16-9-4-3-5-10-16/h3-14H,2H2,1H3,(H,25,28). The van der Waals surface area contributed by atoms with Crippen LogP contribution < -0.4 is 10.1 Å². The van der Waals surface area contributed by atoms with Gasteiger partial charge in [-0.2, -0.15) is 9.78 Å². The lowest BCUT2D eigenvalue weighted by Crippen LogP contribution is -2.21. The fourth-order valence-electron chi connectivity index (χ4n) is 2.89. The van der Waals surface area contributed by atoms with Gasteiger partial charge in [-0.05, 0) is 37.3 Å². The van der Waals surface area contributed by atoms with Crippen LogP contribution in [0.5, 0.6) is 5.75 Å². The summed E-state index contributed by atoms with van der Waals surface area (Å²) in [6, 6.07) is 19.8. The van der Waals surface area contributed by atoms with E-state index in [-0.39, 0.29) is 18.0 Å². The molecule has 2 aromatic carbocycles. The van der Waals surface area contributed by atoms with Gasteiger partial charge >= 0.3 is 12.1 Å². The van der Waals surface area contributed by atoms with E-state index in [1.54, 1.807) is 37.3 Å². The summed E-state index contributed by atoms with van der Waals surface area (Å²) in [7, 11) is 0. The molecule has 0 radical (unpaired) electrons. The molecule has 0 fully saturated rings. The molecule has 0 spiro atoms. The lowest BCUT2D eigenvalue weighted by atomic mass is 10.2. The summed E-state index contributed by atoms with van der Waals surface area (Å²) in [5, 5.41) is 7.79. The molecule has 8 nitrogen and oxygen atoms in total. The van der Waals surface area contributed by atoms with Crippen molar-refractivity contribution in [3.05, 3.63) is 78.5 Å². The number of fused-ring (bicyclic) bond motifs is 1. The van der Waals surface area contributed by atoms with E-state index < -0.39 is 12.1 Å². The number of hydrogen-bond donors (Lipinski definition) is 1. The van der Waals surface area contributed by atoms with E-state index in [4.69, 9.17) is 9.47 Å². The number of pyridine rings is 1. The quantitative estimate of drug-likeness (QED) is 0.503. The molecule has 0 aliphatic rings. The smallest absolute Gasteiger partial charge is 0.418 e. The van der Waals surface area contributed by atoms with Crippen molar-refractivity contribution in [1.82, 2.24) is 14.8 Å². The van der Waals surface area contributed by atoms with Crippen LogP contribution in [0.4, 0.5) is 10.6 Å². The fraction of sp³-hybridized carbons (Fsp3) is 0.0909. The molecule has 0 saturated carbocycles. The predicted molar refractivity (Wildman–Crippen MR) is 111 cm³/mol. The number of nitrogens with one attached hydrogen (secondary N) is 1. The molecule has 0 unspecified atom stereocenters. The number of para-hydroxylation sites is 2. The van der Waals surface area contributed by atoms with E-state index in [0.717, 1.165) is 10.9 Å². The third kappa shape index (κ3) is 3.97. The van der Waals surface area contributed by atoms with Crippen LogP contribution in [-0.4, -0.2) is 33.4 Å². The number of aromatic nitrogens is 3. The SMILES string of the molecule is CCOC(=O)c1cnn(-c2ccc3ccccc3n2)c1NC(=O)Oc1ccccc1. The van der Waals surface area contributed by atoms with Gasteiger partial charge < -0.3 is 9.47 Å². The number of benzene rings is 2. The number of ether oxygens (including phenoxy) is 2. The van der Waals surface area contributed by atoms with Crippen LogP contribution >= 0.6 is 0 Å². The van der Waals surface area contributed by atoms with E-state index in [2.05, 4.69) is 15.4 Å². The molecule has 0 aliphatic heterocycles. The molecule has 4 aromatic rings. The summed E-state index contributed by atoms with van der Waals surface area (Å²) in [6.45, 7) is 1.89. The van der Waals surface area contributed by atoms with E-state index in [1.807, 2.05) is 36.4 Å². The second-order valence-corrected chi connectivity index (χ2v) is 6.23. The average Bonchev–Trinajstić information content (AvgIpc) is 3.17. The maximum absolute atomic E-state index is 12.5. The Morgan fingerprint density at radius 2 is 1.77 bits per heavy atom. The Labute approximate surface area is 172 Å². The van der Waals surface area contributed by atoms with Crippen LogP contribution in [0, 0.1) is 0 Å². The van der Waals surface area contributed by atoms with Crippen molar-refractivity contribution in [2.45, 2.75) is 6.92 Å². The van der Waals surface area contributed by atoms with Crippen LogP contribution in [0.1, 0.15) is 17.3 Å². The first-order chi connectivity index (χ1) is 14.7. The molecule has 2 heterocycles. The van der Waals surface area contributed by atoms with Crippen LogP contribution in [0.3, 0.4) is 0 Å². The van der Waals surface area contributed by atoms with Crippen molar-refractivity contribution >= 4 is 28.8 Å². The molecular weight excluding hydrogens is 384 g/mol. The number of carbonyl (C=O) groups excluding carboxylic acids is 2. The van der Waals surface area contributed by atoms with Gasteiger partial charge in [0.15, 0.2) is 11.6 Å². The zero-order valence-electron chi connectivity index (χ0n) is 16.1. The van der Waals surface area contributed by atoms with Gasteiger partial charge in [0, 0.05) is 5.39 Å². The van der Waals surface area contributed by atoms with Crippen molar-refractivity contribution in [1.29, 1.82) is 0 Å². The molecule has 8 heteroatoms. The zero-order valence-corrected chi connectivity index (χ0v) is 16.1. The van der Waals surface area contributed by atoms with E-state index in [0.29, 0.717) is 11.6 Å². The van der Waals surface area contributed by atoms with Crippen molar-refractivity contribution in [3.8, 4) is 11.6 Å². The third-order valence-electron chi connectivity index (χ3n) is 4.24. The van der Waals surface area contributed by atoms with Crippen LogP contribution in [0.15, 0.2) is 72.9 Å². The Kier molecular flexibility index (Phi) is 5.38. The van der Waals surface area contributed by atoms with Gasteiger partial charge in [0.2, 0.25) is 0 Å². The van der Waals surface area contributed by atoms with E-state index in [9.17, 15) is 9.59 Å². The van der Waals surface area contributed by atoms with Gasteiger partial charge in [-0.3, -0.25) is 5.32 Å². The van der Waals surface area contributed by atoms with Gasteiger partial charge in [0.25, 0.3) is 0 Å². The molecule has 0 atom stereocenters. The molecule has 30 heavy (non-hydrogen) atoms. The maximum Gasteiger partial charge on any atom is 0.418 e. The summed E-state index contributed by atoms with van der Waals surface area (Å²) < 4.78 is 11.7. The molecule has 1 amide bonds. The first kappa shape index (κ1) is 19.1. The van der Waals surface area contributed by atoms with Gasteiger partial charge in [-0.15, -0.1) is 0 Å². The highest BCUT2D eigenvalue weighted by Gasteiger charge is 2.23. The molecule has 1 N–H and O–H groups in total. The zero-order chi connectivity index (χ0) is 20.9. The third-order valence-corrected chi connectivity index (χ3v) is 4.24. The Hall–Kier alpha value is -4.20. The first-order valence-corrected chi connectivity index (χ1v) is 9.31. The molecule has 2 aromatic heterocycles. The highest BCUT2D eigenvalue weighted by Crippen LogP contribution is 2.23. The van der Waals surface area contributed by atoms with Gasteiger partial charge in [0.05, 0.1) is 18.3 Å². The summed E-state index contributed by atoms with van der Waals surface area (Å²) in [4.78, 5) is 29.4. The topological polar surface area (TPSA) is 95.3 Å². The van der Waals surface area contributed by atoms with Crippen molar-refractivity contribution < 1.29 is 19.1 Å². The van der Waals surface area contributed by atoms with Crippen LogP contribution in [0.2, 0.25) is 0 Å². The predicted octanol–water partition coefficient (Wildman–Crippen LogP) is 4.21. The summed E-state index contributed by atoms with van der Waals surface area (Å²) in [6.07, 6.45) is 0.557. The number of anilines is 1. The number of nitrogens with zero attached hydrogens (tertiary/aromatic N) is 3. The normalized spacial score (nSPS) is 10.6. The Balaban J connectivity index is 1.71. The number of hydrogen-bond acceptors (Lipinski definition) is 6. The number of rotatable bonds is 5. The second-order valence-electron chi connectivity index (χ2n) is 6.23. The van der Waals surface area contributed by atoms with Gasteiger partial charge in [-0.1, -0.05) is 36.4 Å². The molecule has 0 aliphatic carbocycles. The summed E-state index contributed by atoms with van der Waals surface area (Å²) >= 11 is 0. The van der Waals surface area contributed by atoms with Crippen LogP contribution in [-0.2, 0) is 4.74 Å². The minimum absolute atomic E-state index is 0.0943. The lowest BCUT2D eigenvalue weighted by Gasteiger charge is -2.11. The number of carbonyl (C=O) groups is 2. The number of amides is 1. The average molecular weight is 402 g/mol. The maximum atomic E-state index is 12.5. The minimum Gasteiger partial charge on any atom is -0.462 e. The van der Waals surface area contributed by atoms with Gasteiger partial charge in [-0.25, -0.2) is 14.6 Å². The Morgan fingerprint density at radius 3 is 2.57 bits per heavy atom. The summed E-state index contributed by atoms with van der Waals surface area (Å²) in [5.74, 6) is 0.290. The summed E-state index contributed by atoms with van der Waals surface area (Å²) in [5.41, 5.74) is 0.845. The highest BCUT2D eigenvalue weighted by molar-refractivity contribution is 5.99. The first-order valence-electron chi connectivity index (χ1n) is 9.31. The lowest BCUT2D eigenvalue weighted by molar-refractivity contribution is 0.0527. The van der Waals surface area contributed by atoms with E-state index in [1.165, 1.54) is 10.9 Å². The Bertz CT molecular complexity index is 1200. The molecule has 0 bridgehead atoms. The second kappa shape index (κ2) is 8.44. The number of esters is 1. The van der Waals surface area contributed by atoms with Gasteiger partial charge in [0.1, 0.15) is 11.3 Å². The molecule has 150 valence electrons. The largest absolute Gasteiger partial charge is 0.462 e. The monoisotopic (exact) mass is 402 g/mol. The van der Waals surface area contributed by atoms with E-state index >= 15 is 0 Å². The molecule has 0 saturated heterocycles.